The second-order valence-corrected chi connectivity index (χ2v) is 6.12. The highest BCUT2D eigenvalue weighted by atomic mass is 32.1. The molecule has 0 aliphatic heterocycles. The lowest BCUT2D eigenvalue weighted by atomic mass is 9.95. The summed E-state index contributed by atoms with van der Waals surface area (Å²) in [5.74, 6) is 1.01. The fraction of sp³-hybridized carbons (Fsp3) is 0.714. The summed E-state index contributed by atoms with van der Waals surface area (Å²) >= 11 is 1.87. The zero-order chi connectivity index (χ0) is 11.4. The van der Waals surface area contributed by atoms with Crippen LogP contribution < -0.4 is 5.32 Å². The molecule has 2 heteroatoms. The molecule has 0 aromatic carbocycles. The van der Waals surface area contributed by atoms with Gasteiger partial charge in [0.1, 0.15) is 0 Å². The van der Waals surface area contributed by atoms with E-state index in [1.54, 1.807) is 0 Å². The molecule has 0 saturated heterocycles. The van der Waals surface area contributed by atoms with Gasteiger partial charge in [0.2, 0.25) is 0 Å². The Morgan fingerprint density at radius 2 is 2.19 bits per heavy atom. The molecule has 1 fully saturated rings. The first-order valence-corrected chi connectivity index (χ1v) is 7.40. The zero-order valence-corrected chi connectivity index (χ0v) is 11.3. The predicted octanol–water partition coefficient (Wildman–Crippen LogP) is 4.29. The maximum atomic E-state index is 3.48. The largest absolute Gasteiger partial charge is 0.313 e. The van der Waals surface area contributed by atoms with Crippen molar-refractivity contribution in [2.24, 2.45) is 5.92 Å². The number of aryl methyl sites for hydroxylation is 1. The normalized spacial score (nSPS) is 19.1. The van der Waals surface area contributed by atoms with Gasteiger partial charge in [0.05, 0.1) is 0 Å². The number of rotatable bonds is 5. The molecule has 0 amide bonds. The smallest absolute Gasteiger partial charge is 0.0328 e. The van der Waals surface area contributed by atoms with Crippen LogP contribution in [0.3, 0.4) is 0 Å². The van der Waals surface area contributed by atoms with Crippen LogP contribution in [0.25, 0.3) is 0 Å². The molecule has 90 valence electrons. The molecule has 1 aromatic rings. The molecule has 1 atom stereocenters. The van der Waals surface area contributed by atoms with E-state index >= 15 is 0 Å². The summed E-state index contributed by atoms with van der Waals surface area (Å²) in [6, 6.07) is 2.86. The lowest BCUT2D eigenvalue weighted by molar-refractivity contribution is 0.427. The van der Waals surface area contributed by atoms with Crippen LogP contribution in [-0.4, -0.2) is 7.05 Å². The fourth-order valence-corrected chi connectivity index (χ4v) is 3.68. The first kappa shape index (κ1) is 12.1. The van der Waals surface area contributed by atoms with E-state index in [0.717, 1.165) is 5.92 Å². The van der Waals surface area contributed by atoms with Gasteiger partial charge in [0, 0.05) is 10.9 Å². The van der Waals surface area contributed by atoms with Crippen LogP contribution in [0.4, 0.5) is 0 Å². The Morgan fingerprint density at radius 1 is 1.44 bits per heavy atom. The van der Waals surface area contributed by atoms with Gasteiger partial charge in [-0.15, -0.1) is 11.3 Å². The van der Waals surface area contributed by atoms with Crippen molar-refractivity contribution in [3.05, 3.63) is 21.9 Å². The Labute approximate surface area is 103 Å². The highest BCUT2D eigenvalue weighted by molar-refractivity contribution is 7.10. The van der Waals surface area contributed by atoms with E-state index in [1.807, 2.05) is 11.3 Å². The number of hydrogen-bond acceptors (Lipinski definition) is 2. The van der Waals surface area contributed by atoms with E-state index < -0.39 is 0 Å². The van der Waals surface area contributed by atoms with Crippen molar-refractivity contribution in [3.8, 4) is 0 Å². The Balaban J connectivity index is 1.88. The Morgan fingerprint density at radius 3 is 2.75 bits per heavy atom. The minimum Gasteiger partial charge on any atom is -0.313 e. The molecule has 1 heterocycles. The molecule has 0 radical (unpaired) electrons. The molecule has 1 unspecified atom stereocenters. The van der Waals surface area contributed by atoms with Crippen molar-refractivity contribution < 1.29 is 0 Å². The quantitative estimate of drug-likeness (QED) is 0.805. The van der Waals surface area contributed by atoms with Crippen molar-refractivity contribution in [2.45, 2.75) is 51.5 Å². The number of thiophene rings is 1. The third-order valence-electron chi connectivity index (χ3n) is 3.96. The molecule has 1 aliphatic rings. The third kappa shape index (κ3) is 2.86. The molecular weight excluding hydrogens is 214 g/mol. The molecular formula is C14H23NS. The first-order valence-electron chi connectivity index (χ1n) is 6.52. The van der Waals surface area contributed by atoms with Crippen LogP contribution in [0.1, 0.15) is 55.0 Å². The van der Waals surface area contributed by atoms with Gasteiger partial charge >= 0.3 is 0 Å². The van der Waals surface area contributed by atoms with Crippen molar-refractivity contribution in [3.63, 3.8) is 0 Å². The molecule has 2 rings (SSSR count). The summed E-state index contributed by atoms with van der Waals surface area (Å²) in [7, 11) is 2.09. The third-order valence-corrected chi connectivity index (χ3v) is 4.82. The summed E-state index contributed by atoms with van der Waals surface area (Å²) < 4.78 is 0. The van der Waals surface area contributed by atoms with Crippen molar-refractivity contribution in [2.75, 3.05) is 7.05 Å². The molecule has 0 bridgehead atoms. The van der Waals surface area contributed by atoms with Crippen LogP contribution in [0.15, 0.2) is 11.4 Å². The second-order valence-electron chi connectivity index (χ2n) is 5.00. The molecule has 0 spiro atoms. The van der Waals surface area contributed by atoms with Crippen LogP contribution in [-0.2, 0) is 0 Å². The fourth-order valence-electron chi connectivity index (χ4n) is 2.91. The monoisotopic (exact) mass is 237 g/mol. The van der Waals surface area contributed by atoms with E-state index in [4.69, 9.17) is 0 Å². The van der Waals surface area contributed by atoms with Gasteiger partial charge in [-0.3, -0.25) is 0 Å². The maximum absolute atomic E-state index is 3.48. The summed E-state index contributed by atoms with van der Waals surface area (Å²) in [4.78, 5) is 1.48. The SMILES string of the molecule is CNC(CCC1CCCC1)c1ccsc1C. The zero-order valence-electron chi connectivity index (χ0n) is 10.5. The van der Waals surface area contributed by atoms with Crippen molar-refractivity contribution in [1.29, 1.82) is 0 Å². The first-order chi connectivity index (χ1) is 7.81. The molecule has 1 saturated carbocycles. The molecule has 1 N–H and O–H groups in total. The van der Waals surface area contributed by atoms with Gasteiger partial charge in [-0.25, -0.2) is 0 Å². The molecule has 1 aromatic heterocycles. The average Bonchev–Trinajstić information content (AvgIpc) is 2.92. The average molecular weight is 237 g/mol. The van der Waals surface area contributed by atoms with Gasteiger partial charge in [0.25, 0.3) is 0 Å². The van der Waals surface area contributed by atoms with E-state index in [2.05, 4.69) is 30.7 Å². The second kappa shape index (κ2) is 5.83. The summed E-state index contributed by atoms with van der Waals surface area (Å²) in [6.45, 7) is 2.24. The summed E-state index contributed by atoms with van der Waals surface area (Å²) in [5, 5.41) is 5.69. The number of nitrogens with one attached hydrogen (secondary N) is 1. The Kier molecular flexibility index (Phi) is 4.42. The maximum Gasteiger partial charge on any atom is 0.0328 e. The Hall–Kier alpha value is -0.340. The lowest BCUT2D eigenvalue weighted by Crippen LogP contribution is -2.17. The summed E-state index contributed by atoms with van der Waals surface area (Å²) in [6.07, 6.45) is 8.58. The van der Waals surface area contributed by atoms with Gasteiger partial charge in [-0.05, 0) is 49.7 Å². The molecule has 1 nitrogen and oxygen atoms in total. The minimum absolute atomic E-state index is 0.576. The van der Waals surface area contributed by atoms with Crippen LogP contribution in [0.2, 0.25) is 0 Å². The molecule has 1 aliphatic carbocycles. The van der Waals surface area contributed by atoms with Crippen molar-refractivity contribution >= 4 is 11.3 Å². The van der Waals surface area contributed by atoms with Crippen LogP contribution in [0, 0.1) is 12.8 Å². The highest BCUT2D eigenvalue weighted by Gasteiger charge is 2.18. The van der Waals surface area contributed by atoms with Crippen LogP contribution >= 0.6 is 11.3 Å². The lowest BCUT2D eigenvalue weighted by Gasteiger charge is -2.18. The van der Waals surface area contributed by atoms with Gasteiger partial charge in [-0.1, -0.05) is 25.7 Å². The number of hydrogen-bond donors (Lipinski definition) is 1. The standard InChI is InChI=1S/C14H23NS/c1-11-13(9-10-16-11)14(15-2)8-7-12-5-3-4-6-12/h9-10,12,14-15H,3-8H2,1-2H3. The topological polar surface area (TPSA) is 12.0 Å². The molecule has 16 heavy (non-hydrogen) atoms. The summed E-state index contributed by atoms with van der Waals surface area (Å²) in [5.41, 5.74) is 1.52. The van der Waals surface area contributed by atoms with Crippen molar-refractivity contribution in [1.82, 2.24) is 5.32 Å². The Bertz CT molecular complexity index is 312. The van der Waals surface area contributed by atoms with Gasteiger partial charge in [-0.2, -0.15) is 0 Å². The minimum atomic E-state index is 0.576. The van der Waals surface area contributed by atoms with Crippen LogP contribution in [0.5, 0.6) is 0 Å². The van der Waals surface area contributed by atoms with E-state index in [0.29, 0.717) is 6.04 Å². The van der Waals surface area contributed by atoms with E-state index in [1.165, 1.54) is 49.0 Å². The highest BCUT2D eigenvalue weighted by Crippen LogP contribution is 2.32. The predicted molar refractivity (Wildman–Crippen MR) is 72.0 cm³/mol. The van der Waals surface area contributed by atoms with Gasteiger partial charge < -0.3 is 5.32 Å². The van der Waals surface area contributed by atoms with Gasteiger partial charge in [0.15, 0.2) is 0 Å². The van der Waals surface area contributed by atoms with E-state index in [-0.39, 0.29) is 0 Å². The van der Waals surface area contributed by atoms with E-state index in [9.17, 15) is 0 Å².